The number of rotatable bonds is 0. The van der Waals surface area contributed by atoms with Crippen LogP contribution < -0.4 is 0 Å². The van der Waals surface area contributed by atoms with Gasteiger partial charge in [0.1, 0.15) is 0 Å². The van der Waals surface area contributed by atoms with Crippen LogP contribution in [-0.2, 0) is 3.80 Å². The Bertz CT molecular complexity index is 7.61. The fourth-order valence-electron chi connectivity index (χ4n) is 0. The first kappa shape index (κ1) is 29.0. The summed E-state index contributed by atoms with van der Waals surface area (Å²) in [4.78, 5) is 0. The van der Waals surface area contributed by atoms with Crippen LogP contribution in [0, 0.1) is 0 Å². The van der Waals surface area contributed by atoms with E-state index in [0.29, 0.717) is 16.2 Å². The third-order valence-corrected chi connectivity index (χ3v) is 0. The molecule has 0 unspecified atom stereocenters. The molecule has 5 heavy (non-hydrogen) atoms. The Hall–Kier alpha value is 1.82. The van der Waals surface area contributed by atoms with Crippen molar-refractivity contribution in [2.45, 2.75) is 0 Å². The van der Waals surface area contributed by atoms with Crippen molar-refractivity contribution in [2.75, 3.05) is 0 Å². The molecule has 0 aromatic carbocycles. The molecule has 2 N–H and O–H groups in total. The zero-order valence-electron chi connectivity index (χ0n) is 1.62. The van der Waals surface area contributed by atoms with E-state index in [-0.39, 0.29) is 51.6 Å². The van der Waals surface area contributed by atoms with Crippen LogP contribution >= 0.6 is 0 Å². The average Bonchev–Trinajstić information content (AvgIpc) is 1.00. The first-order valence-electron chi connectivity index (χ1n) is 0.289. The van der Waals surface area contributed by atoms with Gasteiger partial charge >= 0.3 is 66.1 Å². The predicted molar refractivity (Wildman–Crippen MR) is 28.5 cm³/mol. The second kappa shape index (κ2) is 40.7. The average molecular weight is 115 g/mol. The minimum absolute atomic E-state index is 0. The molecule has 0 radical (unpaired) electrons. The maximum atomic E-state index is 8.28. The second-order valence-corrected chi connectivity index (χ2v) is 0. The Balaban J connectivity index is -0.00000000167. The molecule has 0 atom stereocenters. The van der Waals surface area contributed by atoms with Gasteiger partial charge in [0.2, 0.25) is 0 Å². The summed E-state index contributed by atoms with van der Waals surface area (Å²) in [5.41, 5.74) is 0. The van der Waals surface area contributed by atoms with Crippen molar-refractivity contribution in [1.82, 2.24) is 0 Å². The Kier molecular flexibility index (Phi) is 236. The molecule has 0 saturated carbocycles. The van der Waals surface area contributed by atoms with Crippen molar-refractivity contribution < 1.29 is 9.28 Å². The molecule has 2 nitrogen and oxygen atoms in total. The van der Waals surface area contributed by atoms with Crippen molar-refractivity contribution in [1.29, 1.82) is 0 Å². The van der Waals surface area contributed by atoms with Gasteiger partial charge in [0.05, 0.1) is 0 Å². The van der Waals surface area contributed by atoms with Gasteiger partial charge in [0.25, 0.3) is 0 Å². The molecule has 0 amide bonds. The Morgan fingerprint density at radius 2 is 1.00 bits per heavy atom. The summed E-state index contributed by atoms with van der Waals surface area (Å²) in [5, 5.41) is 0. The summed E-state index contributed by atoms with van der Waals surface area (Å²) in [6.45, 7) is 0. The van der Waals surface area contributed by atoms with Crippen molar-refractivity contribution in [3.63, 3.8) is 0 Å². The number of hydrogen-bond donors (Lipinski definition) is 0. The normalized spacial score (nSPS) is 0.600. The Labute approximate surface area is 70.9 Å². The van der Waals surface area contributed by atoms with Crippen LogP contribution in [0.3, 0.4) is 0 Å². The second-order valence-electron chi connectivity index (χ2n) is 0. The van der Waals surface area contributed by atoms with Crippen molar-refractivity contribution in [3.8, 4) is 0 Å². The van der Waals surface area contributed by atoms with Crippen LogP contribution in [-0.4, -0.2) is 67.8 Å². The van der Waals surface area contributed by atoms with Crippen LogP contribution in [0.15, 0.2) is 0 Å². The zero-order chi connectivity index (χ0) is 2.00. The van der Waals surface area contributed by atoms with E-state index in [0.717, 1.165) is 0 Å². The summed E-state index contributed by atoms with van der Waals surface area (Å²) in [6, 6.07) is 0. The van der Waals surface area contributed by atoms with Gasteiger partial charge in [-0.2, -0.15) is 0 Å². The topological polar surface area (TPSA) is 48.6 Å². The van der Waals surface area contributed by atoms with Gasteiger partial charge in [-0.1, -0.05) is 0 Å². The molecule has 0 aromatic rings. The molecule has 0 aliphatic carbocycles. The molecule has 0 fully saturated rings. The molecule has 5 heteroatoms. The van der Waals surface area contributed by atoms with E-state index in [1.165, 1.54) is 0 Å². The van der Waals surface area contributed by atoms with Gasteiger partial charge in [-0.15, -0.1) is 0 Å². The summed E-state index contributed by atoms with van der Waals surface area (Å²) >= 11 is 0.611. The van der Waals surface area contributed by atoms with Gasteiger partial charge < -0.3 is 5.48 Å². The van der Waals surface area contributed by atoms with Crippen molar-refractivity contribution in [3.05, 3.63) is 0 Å². The summed E-state index contributed by atoms with van der Waals surface area (Å²) in [5.74, 6) is 0. The Morgan fingerprint density at radius 3 is 1.00 bits per heavy atom. The first-order chi connectivity index (χ1) is 1.00. The van der Waals surface area contributed by atoms with Gasteiger partial charge in [-0.05, 0) is 0 Å². The molecule has 0 bridgehead atoms. The third kappa shape index (κ3) is 25.6. The summed E-state index contributed by atoms with van der Waals surface area (Å²) in [7, 11) is 0. The van der Waals surface area contributed by atoms with E-state index in [4.69, 9.17) is 3.80 Å². The van der Waals surface area contributed by atoms with Crippen LogP contribution in [0.4, 0.5) is 0 Å². The molecule has 0 spiro atoms. The zero-order valence-corrected chi connectivity index (χ0v) is 3.03. The fourth-order valence-corrected chi connectivity index (χ4v) is 0. The van der Waals surface area contributed by atoms with Crippen LogP contribution in [0.5, 0.6) is 0 Å². The molecule has 0 rings (SSSR count). The van der Waals surface area contributed by atoms with Crippen molar-refractivity contribution >= 4 is 62.3 Å². The molecule has 0 aliphatic heterocycles. The molecule has 26 valence electrons. The van der Waals surface area contributed by atoms with E-state index in [1.807, 2.05) is 0 Å². The van der Waals surface area contributed by atoms with Crippen LogP contribution in [0.2, 0.25) is 0 Å². The van der Waals surface area contributed by atoms with E-state index in [1.54, 1.807) is 0 Å². The summed E-state index contributed by atoms with van der Waals surface area (Å²) < 4.78 is 8.28. The van der Waals surface area contributed by atoms with Gasteiger partial charge in [0, 0.05) is 0 Å². The standard InChI is InChI=1S/Al.2Mg.H2O.O.5H/h;;;1H2;;;;;;. The number of hydrogen-bond acceptors (Lipinski definition) is 1. The van der Waals surface area contributed by atoms with Gasteiger partial charge in [0.15, 0.2) is 0 Å². The van der Waals surface area contributed by atoms with E-state index >= 15 is 0 Å². The predicted octanol–water partition coefficient (Wildman–Crippen LogP) is -3.42. The van der Waals surface area contributed by atoms with E-state index in [9.17, 15) is 0 Å². The first-order valence-corrected chi connectivity index (χ1v) is 0.866. The van der Waals surface area contributed by atoms with Crippen LogP contribution in [0.25, 0.3) is 0 Å². The molecule has 0 aromatic heterocycles. The molecular weight excluding hydrogens is 108 g/mol. The quantitative estimate of drug-likeness (QED) is 0.303. The molecule has 0 saturated heterocycles. The third-order valence-electron chi connectivity index (χ3n) is 0. The maximum absolute atomic E-state index is 8.28. The molecule has 0 heterocycles. The van der Waals surface area contributed by atoms with Crippen molar-refractivity contribution in [2.24, 2.45) is 0 Å². The Morgan fingerprint density at radius 1 is 1.00 bits per heavy atom. The van der Waals surface area contributed by atoms with Crippen LogP contribution in [0.1, 0.15) is 0 Å². The minimum atomic E-state index is 0. The van der Waals surface area contributed by atoms with E-state index in [2.05, 4.69) is 0 Å². The van der Waals surface area contributed by atoms with Gasteiger partial charge in [-0.3, -0.25) is 0 Å². The molecule has 0 aliphatic rings. The SMILES string of the molecule is O.[MgH2].[MgH2].[O]=[AlH]. The van der Waals surface area contributed by atoms with E-state index < -0.39 is 0 Å². The molecular formula is H7AlMg2O2. The fraction of sp³-hybridized carbons (Fsp3) is 0. The monoisotopic (exact) mass is 114 g/mol. The summed E-state index contributed by atoms with van der Waals surface area (Å²) in [6.07, 6.45) is 0. The van der Waals surface area contributed by atoms with Gasteiger partial charge in [-0.25, -0.2) is 0 Å².